The minimum absolute atomic E-state index is 0.819. The third-order valence-corrected chi connectivity index (χ3v) is 3.20. The van der Waals surface area contributed by atoms with Crippen molar-refractivity contribution in [1.29, 1.82) is 0 Å². The van der Waals surface area contributed by atoms with Gasteiger partial charge in [-0.1, -0.05) is 33.1 Å². The van der Waals surface area contributed by atoms with Crippen molar-refractivity contribution in [2.24, 2.45) is 4.99 Å². The SMILES string of the molecule is CCCCCCNC(=NC)NCCn1cnnc1CC. The highest BCUT2D eigenvalue weighted by molar-refractivity contribution is 5.79. The Morgan fingerprint density at radius 2 is 2.00 bits per heavy atom. The van der Waals surface area contributed by atoms with Crippen molar-refractivity contribution in [2.75, 3.05) is 20.1 Å². The first kappa shape index (κ1) is 16.5. The number of unbranched alkanes of at least 4 members (excludes halogenated alkanes) is 3. The lowest BCUT2D eigenvalue weighted by atomic mass is 10.2. The second-order valence-corrected chi connectivity index (χ2v) is 4.78. The number of rotatable bonds is 9. The zero-order valence-electron chi connectivity index (χ0n) is 13.0. The van der Waals surface area contributed by atoms with E-state index in [-0.39, 0.29) is 0 Å². The normalized spacial score (nSPS) is 11.7. The molecule has 0 aliphatic rings. The van der Waals surface area contributed by atoms with Crippen molar-refractivity contribution in [3.05, 3.63) is 12.2 Å². The Balaban J connectivity index is 2.18. The maximum atomic E-state index is 4.22. The van der Waals surface area contributed by atoms with E-state index < -0.39 is 0 Å². The van der Waals surface area contributed by atoms with E-state index in [1.807, 2.05) is 0 Å². The third kappa shape index (κ3) is 6.04. The summed E-state index contributed by atoms with van der Waals surface area (Å²) < 4.78 is 2.07. The number of nitrogens with zero attached hydrogens (tertiary/aromatic N) is 4. The van der Waals surface area contributed by atoms with E-state index in [1.165, 1.54) is 25.7 Å². The van der Waals surface area contributed by atoms with Gasteiger partial charge >= 0.3 is 0 Å². The molecule has 1 rings (SSSR count). The number of aliphatic imine (C=N–C) groups is 1. The first-order valence-corrected chi connectivity index (χ1v) is 7.63. The Morgan fingerprint density at radius 3 is 2.70 bits per heavy atom. The summed E-state index contributed by atoms with van der Waals surface area (Å²) >= 11 is 0. The number of aromatic nitrogens is 3. The molecule has 1 heterocycles. The topological polar surface area (TPSA) is 67.1 Å². The molecule has 1 aromatic heterocycles. The average molecular weight is 280 g/mol. The van der Waals surface area contributed by atoms with Crippen LogP contribution in [0, 0.1) is 0 Å². The molecule has 0 aliphatic carbocycles. The molecule has 6 nitrogen and oxygen atoms in total. The van der Waals surface area contributed by atoms with Gasteiger partial charge in [-0.05, 0) is 6.42 Å². The lowest BCUT2D eigenvalue weighted by Gasteiger charge is -2.12. The quantitative estimate of drug-likeness (QED) is 0.409. The van der Waals surface area contributed by atoms with Gasteiger partial charge in [0.15, 0.2) is 5.96 Å². The van der Waals surface area contributed by atoms with Crippen LogP contribution in [0.25, 0.3) is 0 Å². The van der Waals surface area contributed by atoms with Crippen LogP contribution in [0.4, 0.5) is 0 Å². The zero-order valence-corrected chi connectivity index (χ0v) is 13.0. The van der Waals surface area contributed by atoms with Gasteiger partial charge in [0.25, 0.3) is 0 Å². The van der Waals surface area contributed by atoms with Crippen LogP contribution in [0.15, 0.2) is 11.3 Å². The summed E-state index contributed by atoms with van der Waals surface area (Å²) in [5.74, 6) is 1.89. The Bertz CT molecular complexity index is 385. The van der Waals surface area contributed by atoms with Crippen LogP contribution in [0.3, 0.4) is 0 Å². The Labute approximate surface area is 122 Å². The number of hydrogen-bond acceptors (Lipinski definition) is 3. The molecule has 0 saturated heterocycles. The highest BCUT2D eigenvalue weighted by Gasteiger charge is 2.01. The molecule has 0 aromatic carbocycles. The van der Waals surface area contributed by atoms with Crippen LogP contribution in [0.5, 0.6) is 0 Å². The van der Waals surface area contributed by atoms with Crippen molar-refractivity contribution < 1.29 is 0 Å². The molecular formula is C14H28N6. The van der Waals surface area contributed by atoms with E-state index in [0.717, 1.165) is 37.8 Å². The fourth-order valence-corrected chi connectivity index (χ4v) is 2.01. The Hall–Kier alpha value is -1.59. The molecule has 1 aromatic rings. The maximum Gasteiger partial charge on any atom is 0.191 e. The molecule has 0 radical (unpaired) electrons. The predicted octanol–water partition coefficient (Wildman–Crippen LogP) is 1.59. The summed E-state index contributed by atoms with van der Waals surface area (Å²) in [5, 5.41) is 14.6. The summed E-state index contributed by atoms with van der Waals surface area (Å²) in [5.41, 5.74) is 0. The number of aryl methyl sites for hydroxylation is 1. The van der Waals surface area contributed by atoms with Crippen molar-refractivity contribution in [3.8, 4) is 0 Å². The van der Waals surface area contributed by atoms with Gasteiger partial charge < -0.3 is 15.2 Å². The summed E-state index contributed by atoms with van der Waals surface area (Å²) in [6.07, 6.45) is 7.74. The highest BCUT2D eigenvalue weighted by atomic mass is 15.3. The minimum atomic E-state index is 0.819. The van der Waals surface area contributed by atoms with E-state index >= 15 is 0 Å². The second kappa shape index (κ2) is 10.2. The van der Waals surface area contributed by atoms with Crippen molar-refractivity contribution in [3.63, 3.8) is 0 Å². The van der Waals surface area contributed by atoms with Crippen molar-refractivity contribution in [2.45, 2.75) is 52.5 Å². The van der Waals surface area contributed by atoms with Crippen LogP contribution in [0.1, 0.15) is 45.4 Å². The maximum absolute atomic E-state index is 4.22. The molecule has 0 fully saturated rings. The van der Waals surface area contributed by atoms with E-state index in [0.29, 0.717) is 0 Å². The van der Waals surface area contributed by atoms with Crippen LogP contribution in [0.2, 0.25) is 0 Å². The van der Waals surface area contributed by atoms with E-state index in [1.54, 1.807) is 13.4 Å². The molecule has 20 heavy (non-hydrogen) atoms. The van der Waals surface area contributed by atoms with E-state index in [2.05, 4.69) is 44.2 Å². The molecule has 0 aliphatic heterocycles. The lowest BCUT2D eigenvalue weighted by molar-refractivity contribution is 0.621. The first-order valence-electron chi connectivity index (χ1n) is 7.63. The van der Waals surface area contributed by atoms with Gasteiger partial charge in [0, 0.05) is 33.1 Å². The van der Waals surface area contributed by atoms with Crippen LogP contribution in [-0.2, 0) is 13.0 Å². The fourth-order valence-electron chi connectivity index (χ4n) is 2.01. The Kier molecular flexibility index (Phi) is 8.42. The second-order valence-electron chi connectivity index (χ2n) is 4.78. The van der Waals surface area contributed by atoms with Gasteiger partial charge in [-0.25, -0.2) is 0 Å². The summed E-state index contributed by atoms with van der Waals surface area (Å²) in [4.78, 5) is 4.22. The monoisotopic (exact) mass is 280 g/mol. The standard InChI is InChI=1S/C14H28N6/c1-4-6-7-8-9-16-14(15-3)17-10-11-20-12-18-19-13(20)5-2/h12H,4-11H2,1-3H3,(H2,15,16,17). The lowest BCUT2D eigenvalue weighted by Crippen LogP contribution is -2.39. The van der Waals surface area contributed by atoms with Crippen LogP contribution in [-0.4, -0.2) is 40.9 Å². The molecule has 0 unspecified atom stereocenters. The first-order chi connectivity index (χ1) is 9.81. The number of nitrogens with one attached hydrogen (secondary N) is 2. The largest absolute Gasteiger partial charge is 0.356 e. The van der Waals surface area contributed by atoms with Gasteiger partial charge in [0.1, 0.15) is 12.2 Å². The van der Waals surface area contributed by atoms with Gasteiger partial charge in [-0.3, -0.25) is 4.99 Å². The molecule has 114 valence electrons. The molecule has 0 atom stereocenters. The van der Waals surface area contributed by atoms with E-state index in [9.17, 15) is 0 Å². The van der Waals surface area contributed by atoms with Gasteiger partial charge in [0.05, 0.1) is 0 Å². The molecule has 0 spiro atoms. The molecule has 0 amide bonds. The zero-order chi connectivity index (χ0) is 14.6. The average Bonchev–Trinajstić information content (AvgIpc) is 2.92. The molecule has 0 bridgehead atoms. The third-order valence-electron chi connectivity index (χ3n) is 3.20. The molecule has 0 saturated carbocycles. The van der Waals surface area contributed by atoms with Crippen LogP contribution >= 0.6 is 0 Å². The molecular weight excluding hydrogens is 252 g/mol. The number of guanidine groups is 1. The fraction of sp³-hybridized carbons (Fsp3) is 0.786. The number of hydrogen-bond donors (Lipinski definition) is 2. The van der Waals surface area contributed by atoms with Crippen molar-refractivity contribution >= 4 is 5.96 Å². The van der Waals surface area contributed by atoms with Crippen LogP contribution < -0.4 is 10.6 Å². The summed E-state index contributed by atoms with van der Waals surface area (Å²) in [6.45, 7) is 6.97. The van der Waals surface area contributed by atoms with Gasteiger partial charge in [-0.2, -0.15) is 0 Å². The summed E-state index contributed by atoms with van der Waals surface area (Å²) in [7, 11) is 1.80. The van der Waals surface area contributed by atoms with Gasteiger partial charge in [0.2, 0.25) is 0 Å². The van der Waals surface area contributed by atoms with Gasteiger partial charge in [-0.15, -0.1) is 10.2 Å². The molecule has 6 heteroatoms. The minimum Gasteiger partial charge on any atom is -0.356 e. The predicted molar refractivity (Wildman–Crippen MR) is 82.9 cm³/mol. The van der Waals surface area contributed by atoms with E-state index in [4.69, 9.17) is 0 Å². The smallest absolute Gasteiger partial charge is 0.191 e. The van der Waals surface area contributed by atoms with Crippen molar-refractivity contribution in [1.82, 2.24) is 25.4 Å². The Morgan fingerprint density at radius 1 is 1.20 bits per heavy atom. The highest BCUT2D eigenvalue weighted by Crippen LogP contribution is 1.97. The summed E-state index contributed by atoms with van der Waals surface area (Å²) in [6, 6.07) is 0. The molecule has 2 N–H and O–H groups in total.